The highest BCUT2D eigenvalue weighted by molar-refractivity contribution is 7.80. The Morgan fingerprint density at radius 1 is 0.719 bits per heavy atom. The summed E-state index contributed by atoms with van der Waals surface area (Å²) in [6.45, 7) is 20.0. The standard InChI is InChI=1S/C21H35N4OPS.C12H24ClN2P.C11H14OS/c1-16(2)24-19-12-8-9-13-20(19)25(17(3)4)27(24)26-15-14-22-21(28)23-18-10-6-5-7-11-18;1-9(2)14-11-7-5-6-8-12(11)15(10(3)4)16(14)13;12-8-4-7-11(13)9-10-5-2-1-3-6-10/h5-7,10-11,16-17,19-20H,8-9,12-15H2,1-4H3,(H2,22,23,28);9-12H,5-8H2,1-4H3;1-3,5-6,12H,4,7-9H2/t19-,20-;11-,12-;/m11./s1. The number of halogens is 1. The SMILES string of the molecule is CC(C)N1[C@@H]2CCCC[C@H]2N(C(C)C)P1Cl.CC(C)N1[C@@H]2CCCC[C@H]2N(C(C)C)P1OCCNC(=S)Nc1ccccc1.OCCCC(=S)Cc1ccccc1. The van der Waals surface area contributed by atoms with Crippen LogP contribution in [0, 0.1) is 0 Å². The molecule has 6 rings (SSSR count). The third-order valence-electron chi connectivity index (χ3n) is 11.1. The van der Waals surface area contributed by atoms with Crippen LogP contribution < -0.4 is 10.6 Å². The van der Waals surface area contributed by atoms with Crippen LogP contribution in [0.5, 0.6) is 0 Å². The van der Waals surface area contributed by atoms with Crippen molar-refractivity contribution in [2.24, 2.45) is 0 Å². The molecule has 4 fully saturated rings. The van der Waals surface area contributed by atoms with Gasteiger partial charge >= 0.3 is 0 Å². The minimum absolute atomic E-state index is 0.231. The van der Waals surface area contributed by atoms with E-state index in [9.17, 15) is 0 Å². The van der Waals surface area contributed by atoms with Crippen molar-refractivity contribution in [2.75, 3.05) is 25.1 Å². The monoisotopic (exact) mass is 878 g/mol. The van der Waals surface area contributed by atoms with Gasteiger partial charge in [-0.3, -0.25) is 9.34 Å². The molecule has 4 atom stereocenters. The normalized spacial score (nSPS) is 23.5. The number of aliphatic hydroxyl groups is 1. The first kappa shape index (κ1) is 48.8. The highest BCUT2D eigenvalue weighted by Crippen LogP contribution is 2.62. The molecule has 2 aliphatic carbocycles. The van der Waals surface area contributed by atoms with Crippen LogP contribution in [-0.4, -0.2) is 102 Å². The van der Waals surface area contributed by atoms with Crippen LogP contribution in [0.25, 0.3) is 0 Å². The number of rotatable bonds is 14. The van der Waals surface area contributed by atoms with E-state index < -0.39 is 16.0 Å². The molecule has 2 aromatic rings. The van der Waals surface area contributed by atoms with Crippen molar-refractivity contribution in [3.63, 3.8) is 0 Å². The minimum atomic E-state index is -0.717. The Hall–Kier alpha value is -0.870. The van der Waals surface area contributed by atoms with E-state index in [0.717, 1.165) is 41.9 Å². The second-order valence-corrected chi connectivity index (χ2v) is 21.8. The summed E-state index contributed by atoms with van der Waals surface area (Å²) in [6.07, 6.45) is 13.3. The minimum Gasteiger partial charge on any atom is -0.396 e. The second-order valence-electron chi connectivity index (χ2n) is 16.8. The number of nitrogens with zero attached hydrogens (tertiary/aromatic N) is 4. The van der Waals surface area contributed by atoms with Gasteiger partial charge in [0.25, 0.3) is 0 Å². The molecule has 320 valence electrons. The molecule has 2 saturated carbocycles. The fourth-order valence-electron chi connectivity index (χ4n) is 8.77. The van der Waals surface area contributed by atoms with E-state index in [1.807, 2.05) is 48.5 Å². The van der Waals surface area contributed by atoms with E-state index in [0.29, 0.717) is 54.5 Å². The Bertz CT molecular complexity index is 1420. The van der Waals surface area contributed by atoms with Crippen LogP contribution in [0.15, 0.2) is 60.7 Å². The zero-order valence-corrected chi connectivity index (χ0v) is 40.2. The van der Waals surface area contributed by atoms with Crippen molar-refractivity contribution in [3.05, 3.63) is 66.2 Å². The number of hydrogen-bond donors (Lipinski definition) is 3. The number of thiocarbonyl (C=S) groups is 2. The van der Waals surface area contributed by atoms with E-state index >= 15 is 0 Å². The molecule has 8 nitrogen and oxygen atoms in total. The van der Waals surface area contributed by atoms with E-state index in [4.69, 9.17) is 45.3 Å². The third-order valence-corrected chi connectivity index (χ3v) is 17.8. The summed E-state index contributed by atoms with van der Waals surface area (Å²) in [5.41, 5.74) is 2.26. The number of nitrogens with one attached hydrogen (secondary N) is 2. The number of hydrogen-bond acceptors (Lipinski definition) is 8. The molecule has 2 heterocycles. The Kier molecular flexibility index (Phi) is 21.5. The molecule has 0 amide bonds. The largest absolute Gasteiger partial charge is 0.396 e. The van der Waals surface area contributed by atoms with Crippen LogP contribution in [-0.2, 0) is 10.9 Å². The number of aliphatic hydroxyl groups excluding tert-OH is 1. The molecular formula is C44H73ClN6O2P2S2. The van der Waals surface area contributed by atoms with Crippen molar-refractivity contribution in [2.45, 2.75) is 174 Å². The molecule has 57 heavy (non-hydrogen) atoms. The van der Waals surface area contributed by atoms with E-state index in [1.165, 1.54) is 56.9 Å². The van der Waals surface area contributed by atoms with Crippen molar-refractivity contribution in [1.82, 2.24) is 24.0 Å². The molecule has 0 aromatic heterocycles. The zero-order valence-electron chi connectivity index (χ0n) is 36.0. The summed E-state index contributed by atoms with van der Waals surface area (Å²) in [4.78, 5) is 1.03. The summed E-state index contributed by atoms with van der Waals surface area (Å²) >= 11 is 17.3. The summed E-state index contributed by atoms with van der Waals surface area (Å²) in [5.74, 6) is 0. The Morgan fingerprint density at radius 3 is 1.60 bits per heavy atom. The number of benzene rings is 2. The Balaban J connectivity index is 0.000000209. The van der Waals surface area contributed by atoms with Crippen LogP contribution in [0.4, 0.5) is 5.69 Å². The predicted molar refractivity (Wildman–Crippen MR) is 255 cm³/mol. The molecule has 2 aromatic carbocycles. The first-order valence-corrected chi connectivity index (χ1v) is 25.8. The fraction of sp³-hybridized carbons (Fsp3) is 0.682. The average Bonchev–Trinajstić information content (AvgIpc) is 3.69. The van der Waals surface area contributed by atoms with Crippen molar-refractivity contribution in [3.8, 4) is 0 Å². The maximum absolute atomic E-state index is 8.62. The first-order chi connectivity index (χ1) is 27.3. The maximum Gasteiger partial charge on any atom is 0.189 e. The van der Waals surface area contributed by atoms with Crippen LogP contribution in [0.2, 0.25) is 0 Å². The van der Waals surface area contributed by atoms with Crippen molar-refractivity contribution < 1.29 is 9.63 Å². The van der Waals surface area contributed by atoms with Gasteiger partial charge in [0.2, 0.25) is 0 Å². The Labute approximate surface area is 364 Å². The van der Waals surface area contributed by atoms with Gasteiger partial charge in [0, 0.05) is 73.6 Å². The second kappa shape index (κ2) is 25.2. The summed E-state index contributed by atoms with van der Waals surface area (Å²) < 4.78 is 17.0. The van der Waals surface area contributed by atoms with Gasteiger partial charge < -0.3 is 20.3 Å². The molecule has 13 heteroatoms. The zero-order chi connectivity index (χ0) is 41.5. The lowest BCUT2D eigenvalue weighted by molar-refractivity contribution is 0.173. The van der Waals surface area contributed by atoms with Gasteiger partial charge in [-0.1, -0.05) is 97.7 Å². The molecule has 0 bridgehead atoms. The van der Waals surface area contributed by atoms with Gasteiger partial charge in [0.15, 0.2) is 13.6 Å². The maximum atomic E-state index is 8.62. The quantitative estimate of drug-likeness (QED) is 0.0971. The van der Waals surface area contributed by atoms with Crippen molar-refractivity contribution in [1.29, 1.82) is 0 Å². The van der Waals surface area contributed by atoms with E-state index in [1.54, 1.807) is 0 Å². The highest BCUT2D eigenvalue weighted by Gasteiger charge is 2.51. The summed E-state index contributed by atoms with van der Waals surface area (Å²) in [5, 5.41) is 15.8. The van der Waals surface area contributed by atoms with Gasteiger partial charge in [-0.15, -0.1) is 0 Å². The summed E-state index contributed by atoms with van der Waals surface area (Å²) in [6, 6.07) is 25.1. The van der Waals surface area contributed by atoms with E-state index in [2.05, 4.69) is 96.8 Å². The molecule has 3 N–H and O–H groups in total. The Morgan fingerprint density at radius 2 is 1.16 bits per heavy atom. The lowest BCUT2D eigenvalue weighted by Gasteiger charge is -2.34. The molecule has 2 saturated heterocycles. The van der Waals surface area contributed by atoms with E-state index in [-0.39, 0.29) is 6.61 Å². The third kappa shape index (κ3) is 14.4. The number of anilines is 1. The van der Waals surface area contributed by atoms with Crippen LogP contribution in [0.1, 0.15) is 125 Å². The summed E-state index contributed by atoms with van der Waals surface area (Å²) in [7, 11) is -1.30. The van der Waals surface area contributed by atoms with Gasteiger partial charge in [0.1, 0.15) is 7.58 Å². The van der Waals surface area contributed by atoms with Gasteiger partial charge in [-0.2, -0.15) is 0 Å². The van der Waals surface area contributed by atoms with Crippen LogP contribution >= 0.6 is 51.7 Å². The molecular weight excluding hydrogens is 806 g/mol. The smallest absolute Gasteiger partial charge is 0.189 e. The molecule has 0 spiro atoms. The number of para-hydroxylation sites is 1. The molecule has 0 unspecified atom stereocenters. The topological polar surface area (TPSA) is 66.5 Å². The molecule has 2 aliphatic heterocycles. The predicted octanol–water partition coefficient (Wildman–Crippen LogP) is 11.5. The van der Waals surface area contributed by atoms with Crippen LogP contribution in [0.3, 0.4) is 0 Å². The molecule has 0 radical (unpaired) electrons. The lowest BCUT2D eigenvalue weighted by atomic mass is 9.89. The van der Waals surface area contributed by atoms with Gasteiger partial charge in [-0.25, -0.2) is 9.34 Å². The fourth-order valence-corrected chi connectivity index (χ4v) is 15.6. The lowest BCUT2D eigenvalue weighted by Crippen LogP contribution is -2.43. The van der Waals surface area contributed by atoms with Crippen molar-refractivity contribution >= 4 is 67.4 Å². The highest BCUT2D eigenvalue weighted by atomic mass is 35.7. The van der Waals surface area contributed by atoms with Gasteiger partial charge in [0.05, 0.1) is 6.61 Å². The first-order valence-electron chi connectivity index (χ1n) is 21.6. The number of fused-ring (bicyclic) bond motifs is 2. The average molecular weight is 880 g/mol. The molecule has 4 aliphatic rings. The van der Waals surface area contributed by atoms with Gasteiger partial charge in [-0.05, 0) is 129 Å².